The highest BCUT2D eigenvalue weighted by Crippen LogP contribution is 2.08. The monoisotopic (exact) mass is 255 g/mol. The number of aliphatic hydroxyl groups is 5. The van der Waals surface area contributed by atoms with Gasteiger partial charge in [-0.2, -0.15) is 0 Å². The number of hydrogen-bond acceptors (Lipinski definition) is 8. The minimum absolute atomic E-state index is 0.110. The normalized spacial score (nSPS) is 20.6. The Labute approximate surface area is 99.2 Å². The van der Waals surface area contributed by atoms with E-state index >= 15 is 0 Å². The lowest BCUT2D eigenvalue weighted by Crippen LogP contribution is -2.47. The van der Waals surface area contributed by atoms with E-state index in [1.807, 2.05) is 0 Å². The van der Waals surface area contributed by atoms with E-state index in [-0.39, 0.29) is 6.54 Å². The molecule has 0 aliphatic rings. The molecule has 0 aromatic heterocycles. The summed E-state index contributed by atoms with van der Waals surface area (Å²) in [6.45, 7) is 0.0963. The summed E-state index contributed by atoms with van der Waals surface area (Å²) in [5.74, 6) is 0. The zero-order valence-electron chi connectivity index (χ0n) is 9.64. The van der Waals surface area contributed by atoms with Crippen molar-refractivity contribution in [1.82, 2.24) is 0 Å². The van der Waals surface area contributed by atoms with Crippen molar-refractivity contribution in [1.29, 1.82) is 0 Å². The highest BCUT2D eigenvalue weighted by Gasteiger charge is 2.27. The Bertz CT molecular complexity index is 194. The Balaban J connectivity index is 4.19. The largest absolute Gasteiger partial charge is 0.394 e. The van der Waals surface area contributed by atoms with Gasteiger partial charge >= 0.3 is 0 Å². The van der Waals surface area contributed by atoms with Crippen molar-refractivity contribution >= 4 is 0 Å². The molecular weight excluding hydrogens is 234 g/mol. The van der Waals surface area contributed by atoms with Crippen LogP contribution in [0.2, 0.25) is 0 Å². The average Bonchev–Trinajstić information content (AvgIpc) is 2.33. The van der Waals surface area contributed by atoms with Gasteiger partial charge in [-0.15, -0.1) is 0 Å². The highest BCUT2D eigenvalue weighted by molar-refractivity contribution is 4.77. The van der Waals surface area contributed by atoms with Crippen LogP contribution in [0.15, 0.2) is 0 Å². The van der Waals surface area contributed by atoms with Gasteiger partial charge in [0.05, 0.1) is 13.2 Å². The SMILES string of the molecule is CC(OC(CN)C(O)[C@@H](O)CO)O[C@@H](O)CO. The lowest BCUT2D eigenvalue weighted by molar-refractivity contribution is -0.256. The Morgan fingerprint density at radius 1 is 1.06 bits per heavy atom. The molecule has 0 aromatic rings. The van der Waals surface area contributed by atoms with E-state index < -0.39 is 44.1 Å². The summed E-state index contributed by atoms with van der Waals surface area (Å²) in [7, 11) is 0. The van der Waals surface area contributed by atoms with Crippen LogP contribution in [0.1, 0.15) is 6.92 Å². The minimum Gasteiger partial charge on any atom is -0.394 e. The van der Waals surface area contributed by atoms with Crippen molar-refractivity contribution in [3.05, 3.63) is 0 Å². The maximum absolute atomic E-state index is 9.54. The second-order valence-corrected chi connectivity index (χ2v) is 3.49. The van der Waals surface area contributed by atoms with Gasteiger partial charge in [-0.25, -0.2) is 0 Å². The molecule has 0 amide bonds. The first-order valence-electron chi connectivity index (χ1n) is 5.23. The minimum atomic E-state index is -1.40. The molecule has 0 aliphatic heterocycles. The van der Waals surface area contributed by atoms with Crippen LogP contribution in [0.3, 0.4) is 0 Å². The van der Waals surface area contributed by atoms with Gasteiger partial charge in [-0.3, -0.25) is 0 Å². The van der Waals surface area contributed by atoms with Crippen LogP contribution in [0.4, 0.5) is 0 Å². The van der Waals surface area contributed by atoms with Gasteiger partial charge in [0.15, 0.2) is 12.6 Å². The molecule has 0 spiro atoms. The summed E-state index contributed by atoms with van der Waals surface area (Å²) in [5, 5.41) is 44.9. The maximum atomic E-state index is 9.54. The fourth-order valence-corrected chi connectivity index (χ4v) is 1.17. The third kappa shape index (κ3) is 6.24. The molecule has 17 heavy (non-hydrogen) atoms. The van der Waals surface area contributed by atoms with Gasteiger partial charge in [-0.1, -0.05) is 0 Å². The Morgan fingerprint density at radius 2 is 1.65 bits per heavy atom. The van der Waals surface area contributed by atoms with Gasteiger partial charge in [-0.05, 0) is 6.92 Å². The number of hydrogen-bond donors (Lipinski definition) is 6. The third-order valence-electron chi connectivity index (χ3n) is 2.07. The molecule has 0 bridgehead atoms. The first-order chi connectivity index (χ1) is 7.96. The maximum Gasteiger partial charge on any atom is 0.180 e. The van der Waals surface area contributed by atoms with E-state index in [1.165, 1.54) is 6.92 Å². The van der Waals surface area contributed by atoms with Crippen LogP contribution >= 0.6 is 0 Å². The molecule has 0 aromatic carbocycles. The Kier molecular flexibility index (Phi) is 8.56. The fraction of sp³-hybridized carbons (Fsp3) is 1.00. The summed E-state index contributed by atoms with van der Waals surface area (Å²) >= 11 is 0. The molecule has 8 heteroatoms. The molecule has 0 saturated heterocycles. The van der Waals surface area contributed by atoms with Crippen LogP contribution in [0.25, 0.3) is 0 Å². The van der Waals surface area contributed by atoms with Crippen LogP contribution < -0.4 is 5.73 Å². The fourth-order valence-electron chi connectivity index (χ4n) is 1.17. The van der Waals surface area contributed by atoms with Crippen LogP contribution in [0.5, 0.6) is 0 Å². The standard InChI is InChI=1S/C9H21NO7/c1-5(17-8(14)4-12)16-7(2-10)9(15)6(13)3-11/h5-9,11-15H,2-4,10H2,1H3/t5?,6-,7?,8+,9?/m0/s1. The molecule has 0 saturated carbocycles. The summed E-state index contributed by atoms with van der Waals surface area (Å²) in [4.78, 5) is 0. The van der Waals surface area contributed by atoms with E-state index in [4.69, 9.17) is 30.5 Å². The van der Waals surface area contributed by atoms with Crippen LogP contribution in [0, 0.1) is 0 Å². The van der Waals surface area contributed by atoms with Crippen molar-refractivity contribution < 1.29 is 35.0 Å². The number of ether oxygens (including phenoxy) is 2. The van der Waals surface area contributed by atoms with Crippen LogP contribution in [-0.4, -0.2) is 76.2 Å². The quantitative estimate of drug-likeness (QED) is 0.235. The van der Waals surface area contributed by atoms with Gasteiger partial charge in [0.1, 0.15) is 18.3 Å². The molecular formula is C9H21NO7. The summed E-state index contributed by atoms with van der Waals surface area (Å²) < 4.78 is 9.89. The molecule has 7 N–H and O–H groups in total. The van der Waals surface area contributed by atoms with Crippen molar-refractivity contribution in [3.8, 4) is 0 Å². The Hall–Kier alpha value is -0.320. The van der Waals surface area contributed by atoms with Crippen molar-refractivity contribution in [2.24, 2.45) is 5.73 Å². The summed E-state index contributed by atoms with van der Waals surface area (Å²) in [5.41, 5.74) is 5.33. The van der Waals surface area contributed by atoms with Gasteiger partial charge in [0.2, 0.25) is 0 Å². The topological polar surface area (TPSA) is 146 Å². The molecule has 0 fully saturated rings. The predicted molar refractivity (Wildman–Crippen MR) is 56.7 cm³/mol. The summed E-state index contributed by atoms with van der Waals surface area (Å²) in [6, 6.07) is 0. The first-order valence-corrected chi connectivity index (χ1v) is 5.23. The van der Waals surface area contributed by atoms with E-state index in [1.54, 1.807) is 0 Å². The first kappa shape index (κ1) is 16.7. The lowest BCUT2D eigenvalue weighted by atomic mass is 10.1. The Morgan fingerprint density at radius 3 is 2.06 bits per heavy atom. The van der Waals surface area contributed by atoms with Gasteiger partial charge in [0.25, 0.3) is 0 Å². The number of rotatable bonds is 9. The predicted octanol–water partition coefficient (Wildman–Crippen LogP) is -3.28. The molecule has 0 aliphatic carbocycles. The number of aliphatic hydroxyl groups excluding tert-OH is 5. The van der Waals surface area contributed by atoms with E-state index in [0.29, 0.717) is 0 Å². The molecule has 0 radical (unpaired) electrons. The van der Waals surface area contributed by atoms with Crippen molar-refractivity contribution in [2.75, 3.05) is 19.8 Å². The van der Waals surface area contributed by atoms with E-state index in [9.17, 15) is 10.2 Å². The van der Waals surface area contributed by atoms with Gasteiger partial charge < -0.3 is 40.7 Å². The smallest absolute Gasteiger partial charge is 0.180 e. The zero-order valence-corrected chi connectivity index (χ0v) is 9.64. The average molecular weight is 255 g/mol. The molecule has 0 rings (SSSR count). The second-order valence-electron chi connectivity index (χ2n) is 3.49. The molecule has 0 heterocycles. The third-order valence-corrected chi connectivity index (χ3v) is 2.07. The van der Waals surface area contributed by atoms with Gasteiger partial charge in [0, 0.05) is 6.54 Å². The highest BCUT2D eigenvalue weighted by atomic mass is 16.7. The van der Waals surface area contributed by atoms with E-state index in [0.717, 1.165) is 0 Å². The zero-order chi connectivity index (χ0) is 13.4. The summed E-state index contributed by atoms with van der Waals surface area (Å²) in [6.07, 6.45) is -6.05. The lowest BCUT2D eigenvalue weighted by Gasteiger charge is -2.28. The molecule has 5 atom stereocenters. The second kappa shape index (κ2) is 8.72. The number of nitrogens with two attached hydrogens (primary N) is 1. The molecule has 104 valence electrons. The van der Waals surface area contributed by atoms with Crippen molar-refractivity contribution in [2.45, 2.75) is 37.8 Å². The molecule has 3 unspecified atom stereocenters. The van der Waals surface area contributed by atoms with Crippen LogP contribution in [-0.2, 0) is 9.47 Å². The van der Waals surface area contributed by atoms with E-state index in [2.05, 4.69) is 0 Å². The molecule has 8 nitrogen and oxygen atoms in total. The van der Waals surface area contributed by atoms with Crippen molar-refractivity contribution in [3.63, 3.8) is 0 Å².